The summed E-state index contributed by atoms with van der Waals surface area (Å²) in [6, 6.07) is 12.0. The zero-order chi connectivity index (χ0) is 26.4. The molecule has 11 heteroatoms. The van der Waals surface area contributed by atoms with Crippen molar-refractivity contribution in [2.75, 3.05) is 5.73 Å². The Kier molecular flexibility index (Phi) is 6.21. The Morgan fingerprint density at radius 3 is 2.63 bits per heavy atom. The smallest absolute Gasteiger partial charge is 0.383 e. The highest BCUT2D eigenvalue weighted by Crippen LogP contribution is 2.42. The number of pyridine rings is 1. The molecule has 1 aliphatic carbocycles. The number of primary amides is 1. The van der Waals surface area contributed by atoms with Gasteiger partial charge in [-0.1, -0.05) is 23.7 Å². The molecule has 1 fully saturated rings. The number of thiophene rings is 1. The fourth-order valence-corrected chi connectivity index (χ4v) is 6.24. The number of fused-ring (bicyclic) bond motifs is 2. The molecule has 4 N–H and O–H groups in total. The van der Waals surface area contributed by atoms with E-state index in [2.05, 4.69) is 19.3 Å². The van der Waals surface area contributed by atoms with Crippen LogP contribution in [0.5, 0.6) is 0 Å². The molecule has 38 heavy (non-hydrogen) atoms. The first kappa shape index (κ1) is 24.3. The average Bonchev–Trinajstić information content (AvgIpc) is 3.57. The number of ether oxygens (including phenoxy) is 1. The van der Waals surface area contributed by atoms with Crippen molar-refractivity contribution in [2.45, 2.75) is 31.7 Å². The van der Waals surface area contributed by atoms with Gasteiger partial charge in [0, 0.05) is 33.8 Å². The standard InChI is InChI=1S/C27H23ClN6O3S/c28-19-10-15-5-8-20(22-2-1-9-38-22)33-21(15)11-17(19)18-12-34(25-23(18)24(29)31-13-32-25)16-6-3-14(4-7-16)26(35)37-27(30)36/h1-2,5,8-14,16H,3-4,6-7H2,(H2,30,36)(H2,29,31,32). The number of hydrogen-bond acceptors (Lipinski definition) is 8. The first-order chi connectivity index (χ1) is 18.4. The molecule has 0 atom stereocenters. The van der Waals surface area contributed by atoms with Crippen molar-refractivity contribution in [3.05, 3.63) is 59.3 Å². The Morgan fingerprint density at radius 1 is 1.08 bits per heavy atom. The van der Waals surface area contributed by atoms with Crippen molar-refractivity contribution in [1.29, 1.82) is 0 Å². The predicted molar refractivity (Wildman–Crippen MR) is 148 cm³/mol. The molecule has 5 aromatic rings. The number of hydrogen-bond donors (Lipinski definition) is 2. The maximum atomic E-state index is 12.2. The Hall–Kier alpha value is -4.02. The van der Waals surface area contributed by atoms with Crippen LogP contribution in [0.4, 0.5) is 10.6 Å². The summed E-state index contributed by atoms with van der Waals surface area (Å²) in [5.41, 5.74) is 15.4. The van der Waals surface area contributed by atoms with Gasteiger partial charge in [-0.25, -0.2) is 19.7 Å². The number of halogens is 1. The van der Waals surface area contributed by atoms with Crippen LogP contribution in [-0.4, -0.2) is 31.6 Å². The van der Waals surface area contributed by atoms with Gasteiger partial charge in [-0.05, 0) is 55.3 Å². The molecule has 0 spiro atoms. The molecule has 0 aliphatic heterocycles. The molecule has 9 nitrogen and oxygen atoms in total. The van der Waals surface area contributed by atoms with Gasteiger partial charge in [0.15, 0.2) is 0 Å². The largest absolute Gasteiger partial charge is 0.412 e. The number of carbonyl (C=O) groups excluding carboxylic acids is 2. The van der Waals surface area contributed by atoms with Crippen molar-refractivity contribution in [3.63, 3.8) is 0 Å². The summed E-state index contributed by atoms with van der Waals surface area (Å²) in [7, 11) is 0. The zero-order valence-corrected chi connectivity index (χ0v) is 21.7. The fraction of sp³-hybridized carbons (Fsp3) is 0.222. The van der Waals surface area contributed by atoms with Gasteiger partial charge < -0.3 is 20.8 Å². The van der Waals surface area contributed by atoms with Crippen LogP contribution in [0, 0.1) is 5.92 Å². The van der Waals surface area contributed by atoms with Gasteiger partial charge in [0.2, 0.25) is 0 Å². The van der Waals surface area contributed by atoms with Gasteiger partial charge in [-0.3, -0.25) is 4.79 Å². The van der Waals surface area contributed by atoms with Crippen LogP contribution >= 0.6 is 22.9 Å². The molecular weight excluding hydrogens is 524 g/mol. The van der Waals surface area contributed by atoms with Crippen LogP contribution in [0.1, 0.15) is 31.7 Å². The number of nitrogen functional groups attached to an aromatic ring is 1. The van der Waals surface area contributed by atoms with E-state index >= 15 is 0 Å². The molecule has 1 aliphatic rings. The van der Waals surface area contributed by atoms with Crippen LogP contribution in [0.3, 0.4) is 0 Å². The van der Waals surface area contributed by atoms with Gasteiger partial charge in [0.05, 0.1) is 27.4 Å². The van der Waals surface area contributed by atoms with E-state index in [1.165, 1.54) is 6.33 Å². The number of benzene rings is 1. The van der Waals surface area contributed by atoms with Crippen LogP contribution in [0.15, 0.2) is 54.3 Å². The Bertz CT molecular complexity index is 1690. The SMILES string of the molecule is NC(=O)OC(=O)C1CCC(n2cc(-c3cc4nc(-c5cccs5)ccc4cc3Cl)c3c(N)ncnc32)CC1. The topological polar surface area (TPSA) is 139 Å². The number of esters is 1. The van der Waals surface area contributed by atoms with Gasteiger partial charge in [0.25, 0.3) is 0 Å². The highest BCUT2D eigenvalue weighted by molar-refractivity contribution is 7.13. The van der Waals surface area contributed by atoms with Crippen LogP contribution in [0.2, 0.25) is 5.02 Å². The third kappa shape index (κ3) is 4.35. The molecule has 0 saturated heterocycles. The highest BCUT2D eigenvalue weighted by atomic mass is 35.5. The lowest BCUT2D eigenvalue weighted by atomic mass is 9.86. The summed E-state index contributed by atoms with van der Waals surface area (Å²) in [6.45, 7) is 0. The normalized spacial score (nSPS) is 17.6. The van der Waals surface area contributed by atoms with Crippen molar-refractivity contribution in [1.82, 2.24) is 19.5 Å². The van der Waals surface area contributed by atoms with E-state index in [0.717, 1.165) is 38.0 Å². The van der Waals surface area contributed by atoms with Crippen molar-refractivity contribution < 1.29 is 14.3 Å². The number of nitrogens with zero attached hydrogens (tertiary/aromatic N) is 4. The summed E-state index contributed by atoms with van der Waals surface area (Å²) >= 11 is 8.45. The molecule has 4 aromatic heterocycles. The highest BCUT2D eigenvalue weighted by Gasteiger charge is 2.31. The van der Waals surface area contributed by atoms with Gasteiger partial charge >= 0.3 is 12.1 Å². The number of amides is 1. The Morgan fingerprint density at radius 2 is 1.89 bits per heavy atom. The third-order valence-electron chi connectivity index (χ3n) is 7.11. The molecule has 1 amide bonds. The van der Waals surface area contributed by atoms with Gasteiger partial charge in [0.1, 0.15) is 17.8 Å². The summed E-state index contributed by atoms with van der Waals surface area (Å²) in [4.78, 5) is 37.9. The first-order valence-corrected chi connectivity index (χ1v) is 13.4. The van der Waals surface area contributed by atoms with Gasteiger partial charge in [-0.2, -0.15) is 0 Å². The molecule has 0 radical (unpaired) electrons. The van der Waals surface area contributed by atoms with Crippen LogP contribution in [0.25, 0.3) is 43.6 Å². The molecule has 4 heterocycles. The Balaban J connectivity index is 1.40. The lowest BCUT2D eigenvalue weighted by molar-refractivity contribution is -0.143. The lowest BCUT2D eigenvalue weighted by Gasteiger charge is -2.28. The maximum Gasteiger partial charge on any atom is 0.412 e. The number of rotatable bonds is 4. The lowest BCUT2D eigenvalue weighted by Crippen LogP contribution is -2.28. The molecule has 0 unspecified atom stereocenters. The molecular formula is C27H23ClN6O3S. The quantitative estimate of drug-likeness (QED) is 0.209. The summed E-state index contributed by atoms with van der Waals surface area (Å²) < 4.78 is 6.69. The predicted octanol–water partition coefficient (Wildman–Crippen LogP) is 5.96. The number of anilines is 1. The van der Waals surface area contributed by atoms with E-state index < -0.39 is 12.1 Å². The second-order valence-electron chi connectivity index (χ2n) is 9.35. The van der Waals surface area contributed by atoms with Crippen molar-refractivity contribution >= 4 is 62.8 Å². The van der Waals surface area contributed by atoms with Gasteiger partial charge in [-0.15, -0.1) is 11.3 Å². The second-order valence-corrected chi connectivity index (χ2v) is 10.7. The second kappa shape index (κ2) is 9.70. The molecule has 1 saturated carbocycles. The first-order valence-electron chi connectivity index (χ1n) is 12.2. The van der Waals surface area contributed by atoms with Crippen LogP contribution in [-0.2, 0) is 9.53 Å². The molecule has 1 aromatic carbocycles. The summed E-state index contributed by atoms with van der Waals surface area (Å²) in [5.74, 6) is -0.574. The van der Waals surface area contributed by atoms with E-state index in [4.69, 9.17) is 28.1 Å². The number of carbonyl (C=O) groups is 2. The molecule has 0 bridgehead atoms. The minimum atomic E-state index is -1.07. The van der Waals surface area contributed by atoms with Crippen molar-refractivity contribution in [2.24, 2.45) is 11.7 Å². The number of aromatic nitrogens is 4. The van der Waals surface area contributed by atoms with Crippen molar-refractivity contribution in [3.8, 4) is 21.7 Å². The Labute approximate surface area is 226 Å². The third-order valence-corrected chi connectivity index (χ3v) is 8.31. The summed E-state index contributed by atoms with van der Waals surface area (Å²) in [6.07, 6.45) is 4.92. The van der Waals surface area contributed by atoms with E-state index in [1.54, 1.807) is 11.3 Å². The molecule has 6 rings (SSSR count). The average molecular weight is 547 g/mol. The van der Waals surface area contributed by atoms with E-state index in [1.807, 2.05) is 48.0 Å². The minimum Gasteiger partial charge on any atom is -0.383 e. The summed E-state index contributed by atoms with van der Waals surface area (Å²) in [5, 5.41) is 4.26. The molecule has 192 valence electrons. The minimum absolute atomic E-state index is 0.0703. The van der Waals surface area contributed by atoms with E-state index in [0.29, 0.717) is 42.2 Å². The monoisotopic (exact) mass is 546 g/mol. The number of nitrogens with two attached hydrogens (primary N) is 2. The van der Waals surface area contributed by atoms with Crippen LogP contribution < -0.4 is 11.5 Å². The van der Waals surface area contributed by atoms with E-state index in [9.17, 15) is 9.59 Å². The van der Waals surface area contributed by atoms with E-state index in [-0.39, 0.29) is 12.0 Å². The maximum absolute atomic E-state index is 12.2. The fourth-order valence-electron chi connectivity index (χ4n) is 5.27. The zero-order valence-electron chi connectivity index (χ0n) is 20.1.